The van der Waals surface area contributed by atoms with Crippen LogP contribution in [0.2, 0.25) is 0 Å². The number of hydroxylamine groups is 2. The molecule has 1 saturated heterocycles. The SMILES string of the molecule is CN(O)C1C(CO)OC(n2cc(F)c(=O)[nH]c2=O)C1F. The third-order valence-corrected chi connectivity index (χ3v) is 3.10. The van der Waals surface area contributed by atoms with Crippen molar-refractivity contribution in [3.05, 3.63) is 32.9 Å². The monoisotopic (exact) mass is 293 g/mol. The van der Waals surface area contributed by atoms with Crippen LogP contribution in [-0.4, -0.2) is 56.9 Å². The maximum atomic E-state index is 14.2. The average Bonchev–Trinajstić information content (AvgIpc) is 2.71. The van der Waals surface area contributed by atoms with Gasteiger partial charge >= 0.3 is 5.69 Å². The maximum absolute atomic E-state index is 14.2. The van der Waals surface area contributed by atoms with E-state index in [0.29, 0.717) is 15.8 Å². The molecule has 0 aliphatic carbocycles. The first-order valence-electron chi connectivity index (χ1n) is 5.70. The molecule has 1 aliphatic heterocycles. The zero-order valence-electron chi connectivity index (χ0n) is 10.4. The lowest BCUT2D eigenvalue weighted by Crippen LogP contribution is -2.44. The van der Waals surface area contributed by atoms with Gasteiger partial charge in [-0.15, -0.1) is 0 Å². The van der Waals surface area contributed by atoms with Gasteiger partial charge in [0.05, 0.1) is 18.8 Å². The summed E-state index contributed by atoms with van der Waals surface area (Å²) in [6.45, 7) is -0.604. The third kappa shape index (κ3) is 2.38. The number of aliphatic hydroxyl groups is 1. The lowest BCUT2D eigenvalue weighted by molar-refractivity contribution is -0.134. The van der Waals surface area contributed by atoms with Crippen LogP contribution in [0.1, 0.15) is 6.23 Å². The van der Waals surface area contributed by atoms with E-state index in [-0.39, 0.29) is 0 Å². The molecule has 2 heterocycles. The number of H-pyrrole nitrogens is 1. The minimum atomic E-state index is -1.91. The highest BCUT2D eigenvalue weighted by molar-refractivity contribution is 4.97. The van der Waals surface area contributed by atoms with Crippen molar-refractivity contribution in [2.45, 2.75) is 24.5 Å². The predicted molar refractivity (Wildman–Crippen MR) is 60.5 cm³/mol. The van der Waals surface area contributed by atoms with Crippen molar-refractivity contribution in [1.29, 1.82) is 0 Å². The fraction of sp³-hybridized carbons (Fsp3) is 0.600. The Morgan fingerprint density at radius 1 is 1.55 bits per heavy atom. The van der Waals surface area contributed by atoms with Crippen molar-refractivity contribution in [3.63, 3.8) is 0 Å². The van der Waals surface area contributed by atoms with E-state index in [2.05, 4.69) is 0 Å². The van der Waals surface area contributed by atoms with Gasteiger partial charge in [0, 0.05) is 7.05 Å². The van der Waals surface area contributed by atoms with Crippen LogP contribution in [0.25, 0.3) is 0 Å². The van der Waals surface area contributed by atoms with Crippen molar-refractivity contribution in [3.8, 4) is 0 Å². The van der Waals surface area contributed by atoms with Crippen molar-refractivity contribution in [1.82, 2.24) is 14.6 Å². The highest BCUT2D eigenvalue weighted by Gasteiger charge is 2.48. The van der Waals surface area contributed by atoms with Gasteiger partial charge < -0.3 is 15.1 Å². The quantitative estimate of drug-likeness (QED) is 0.591. The Balaban J connectivity index is 2.42. The van der Waals surface area contributed by atoms with E-state index in [4.69, 9.17) is 9.84 Å². The van der Waals surface area contributed by atoms with E-state index in [1.807, 2.05) is 0 Å². The predicted octanol–water partition coefficient (Wildman–Crippen LogP) is -1.41. The van der Waals surface area contributed by atoms with Crippen LogP contribution in [0.5, 0.6) is 0 Å². The topological polar surface area (TPSA) is 108 Å². The summed E-state index contributed by atoms with van der Waals surface area (Å²) in [6, 6.07) is -1.23. The Kier molecular flexibility index (Phi) is 3.99. The highest BCUT2D eigenvalue weighted by Crippen LogP contribution is 2.32. The van der Waals surface area contributed by atoms with Crippen molar-refractivity contribution >= 4 is 0 Å². The van der Waals surface area contributed by atoms with Crippen molar-refractivity contribution in [2.24, 2.45) is 0 Å². The Morgan fingerprint density at radius 3 is 2.70 bits per heavy atom. The number of halogens is 2. The summed E-state index contributed by atoms with van der Waals surface area (Å²) in [4.78, 5) is 24.1. The third-order valence-electron chi connectivity index (χ3n) is 3.10. The van der Waals surface area contributed by atoms with Gasteiger partial charge in [-0.25, -0.2) is 9.18 Å². The van der Waals surface area contributed by atoms with Crippen LogP contribution in [0.15, 0.2) is 15.8 Å². The van der Waals surface area contributed by atoms with Crippen LogP contribution in [-0.2, 0) is 4.74 Å². The van der Waals surface area contributed by atoms with Crippen LogP contribution >= 0.6 is 0 Å². The standard InChI is InChI=1S/C10H13F2N3O5/c1-14(19)7-5(3-16)20-9(6(7)12)15-2-4(11)8(17)13-10(15)18/h2,5-7,9,16,19H,3H2,1H3,(H,13,17,18). The molecule has 1 fully saturated rings. The largest absolute Gasteiger partial charge is 0.394 e. The first-order chi connectivity index (χ1) is 9.36. The molecule has 4 atom stereocenters. The molecule has 4 unspecified atom stereocenters. The van der Waals surface area contributed by atoms with Crippen LogP contribution in [0, 0.1) is 5.82 Å². The molecule has 3 N–H and O–H groups in total. The zero-order valence-corrected chi connectivity index (χ0v) is 10.4. The van der Waals surface area contributed by atoms with Crippen molar-refractivity contribution < 1.29 is 23.8 Å². The number of aromatic amines is 1. The summed E-state index contributed by atoms with van der Waals surface area (Å²) >= 11 is 0. The average molecular weight is 293 g/mol. The molecule has 10 heteroatoms. The number of aromatic nitrogens is 2. The van der Waals surface area contributed by atoms with Gasteiger partial charge in [0.15, 0.2) is 12.4 Å². The van der Waals surface area contributed by atoms with Gasteiger partial charge in [0.2, 0.25) is 5.82 Å². The van der Waals surface area contributed by atoms with Crippen LogP contribution in [0.3, 0.4) is 0 Å². The molecule has 0 bridgehead atoms. The molecule has 0 aromatic carbocycles. The van der Waals surface area contributed by atoms with Gasteiger partial charge in [-0.05, 0) is 0 Å². The van der Waals surface area contributed by atoms with E-state index in [9.17, 15) is 23.6 Å². The second kappa shape index (κ2) is 5.40. The smallest absolute Gasteiger partial charge is 0.330 e. The van der Waals surface area contributed by atoms with E-state index >= 15 is 0 Å². The zero-order chi connectivity index (χ0) is 15.0. The number of hydrogen-bond acceptors (Lipinski definition) is 6. The molecule has 1 aliphatic rings. The molecular formula is C10H13F2N3O5. The number of alkyl halides is 1. The molecule has 0 spiro atoms. The Bertz CT molecular complexity index is 601. The highest BCUT2D eigenvalue weighted by atomic mass is 19.1. The number of ether oxygens (including phenoxy) is 1. The number of aliphatic hydroxyl groups excluding tert-OH is 1. The maximum Gasteiger partial charge on any atom is 0.330 e. The Morgan fingerprint density at radius 2 is 2.20 bits per heavy atom. The molecule has 2 rings (SSSR count). The Labute approximate surface area is 110 Å². The molecule has 8 nitrogen and oxygen atoms in total. The fourth-order valence-corrected chi connectivity index (χ4v) is 2.17. The molecule has 20 heavy (non-hydrogen) atoms. The molecule has 112 valence electrons. The fourth-order valence-electron chi connectivity index (χ4n) is 2.17. The van der Waals surface area contributed by atoms with Gasteiger partial charge in [-0.3, -0.25) is 14.3 Å². The van der Waals surface area contributed by atoms with Gasteiger partial charge in [-0.2, -0.15) is 9.45 Å². The first kappa shape index (κ1) is 14.8. The van der Waals surface area contributed by atoms with E-state index in [0.717, 1.165) is 7.05 Å². The van der Waals surface area contributed by atoms with Crippen LogP contribution < -0.4 is 11.2 Å². The van der Waals surface area contributed by atoms with Crippen LogP contribution in [0.4, 0.5) is 8.78 Å². The van der Waals surface area contributed by atoms with Gasteiger partial charge in [0.1, 0.15) is 6.10 Å². The minimum absolute atomic E-state index is 0.513. The summed E-state index contributed by atoms with van der Waals surface area (Å²) in [5.74, 6) is -1.28. The second-order valence-electron chi connectivity index (χ2n) is 4.40. The summed E-state index contributed by atoms with van der Waals surface area (Å²) in [5, 5.41) is 18.9. The Hall–Kier alpha value is -1.62. The van der Waals surface area contributed by atoms with Gasteiger partial charge in [0.25, 0.3) is 5.56 Å². The number of likely N-dealkylation sites (N-methyl/N-ethyl adjacent to an activating group) is 1. The van der Waals surface area contributed by atoms with E-state index in [1.165, 1.54) is 0 Å². The summed E-state index contributed by atoms with van der Waals surface area (Å²) < 4.78 is 33.1. The molecule has 0 radical (unpaired) electrons. The molecule has 1 aromatic rings. The van der Waals surface area contributed by atoms with Gasteiger partial charge in [-0.1, -0.05) is 0 Å². The van der Waals surface area contributed by atoms with E-state index < -0.39 is 48.2 Å². The summed E-state index contributed by atoms with van der Waals surface area (Å²) in [7, 11) is 1.15. The number of rotatable bonds is 3. The number of nitrogens with one attached hydrogen (secondary N) is 1. The normalized spacial score (nSPS) is 30.1. The molecular weight excluding hydrogens is 280 g/mol. The lowest BCUT2D eigenvalue weighted by atomic mass is 10.1. The second-order valence-corrected chi connectivity index (χ2v) is 4.40. The molecule has 1 aromatic heterocycles. The summed E-state index contributed by atoms with van der Waals surface area (Å²) in [6.07, 6.45) is -4.06. The molecule has 0 saturated carbocycles. The number of hydrogen-bond donors (Lipinski definition) is 3. The first-order valence-corrected chi connectivity index (χ1v) is 5.70. The number of nitrogens with zero attached hydrogens (tertiary/aromatic N) is 2. The summed E-state index contributed by atoms with van der Waals surface area (Å²) in [5.41, 5.74) is -2.28. The minimum Gasteiger partial charge on any atom is -0.394 e. The lowest BCUT2D eigenvalue weighted by Gasteiger charge is -2.22. The van der Waals surface area contributed by atoms with E-state index in [1.54, 1.807) is 4.98 Å². The molecule has 0 amide bonds. The van der Waals surface area contributed by atoms with Crippen molar-refractivity contribution in [2.75, 3.05) is 13.7 Å².